The van der Waals surface area contributed by atoms with Crippen molar-refractivity contribution in [1.82, 2.24) is 0 Å². The number of hydrogen-bond acceptors (Lipinski definition) is 4. The molecule has 0 saturated carbocycles. The van der Waals surface area contributed by atoms with Gasteiger partial charge in [0.25, 0.3) is 0 Å². The van der Waals surface area contributed by atoms with Crippen molar-refractivity contribution in [2.45, 2.75) is 71.5 Å². The molecule has 1 rings (SSSR count). The van der Waals surface area contributed by atoms with Gasteiger partial charge < -0.3 is 14.9 Å². The minimum atomic E-state index is -0.457. The summed E-state index contributed by atoms with van der Waals surface area (Å²) in [6.07, 6.45) is 7.34. The zero-order valence-corrected chi connectivity index (χ0v) is 16.2. The van der Waals surface area contributed by atoms with E-state index < -0.39 is 5.60 Å². The van der Waals surface area contributed by atoms with Crippen LogP contribution in [0.5, 0.6) is 0 Å². The summed E-state index contributed by atoms with van der Waals surface area (Å²) in [5, 5.41) is 18.5. The van der Waals surface area contributed by atoms with E-state index in [2.05, 4.69) is 6.58 Å². The van der Waals surface area contributed by atoms with Crippen molar-refractivity contribution in [2.75, 3.05) is 13.2 Å². The molecule has 1 aliphatic rings. The summed E-state index contributed by atoms with van der Waals surface area (Å²) in [6.45, 7) is 11.9. The molecule has 4 nitrogen and oxygen atoms in total. The summed E-state index contributed by atoms with van der Waals surface area (Å²) in [6, 6.07) is 0. The summed E-state index contributed by atoms with van der Waals surface area (Å²) in [5.74, 6) is 0.438. The number of rotatable bonds is 12. The van der Waals surface area contributed by atoms with Gasteiger partial charge in [-0.25, -0.2) is 0 Å². The first-order valence-corrected chi connectivity index (χ1v) is 9.18. The molecule has 0 amide bonds. The van der Waals surface area contributed by atoms with Crippen LogP contribution in [0.25, 0.3) is 0 Å². The second-order valence-corrected chi connectivity index (χ2v) is 7.44. The maximum Gasteiger partial charge on any atom is 0.162 e. The van der Waals surface area contributed by atoms with Gasteiger partial charge in [-0.05, 0) is 51.0 Å². The van der Waals surface area contributed by atoms with E-state index >= 15 is 0 Å². The normalized spacial score (nSPS) is 23.9. The Morgan fingerprint density at radius 2 is 1.96 bits per heavy atom. The average molecular weight is 350 g/mol. The largest absolute Gasteiger partial charge is 0.393 e. The van der Waals surface area contributed by atoms with E-state index in [4.69, 9.17) is 9.84 Å². The van der Waals surface area contributed by atoms with Crippen LogP contribution in [0, 0.1) is 5.92 Å². The van der Waals surface area contributed by atoms with E-state index in [1.807, 2.05) is 33.8 Å². The Morgan fingerprint density at radius 3 is 2.52 bits per heavy atom. The van der Waals surface area contributed by atoms with E-state index in [-0.39, 0.29) is 25.1 Å². The minimum absolute atomic E-state index is 0.00537. The van der Waals surface area contributed by atoms with Crippen molar-refractivity contribution in [3.8, 4) is 0 Å². The molecule has 1 aliphatic heterocycles. The molecule has 0 aromatic heterocycles. The van der Waals surface area contributed by atoms with Gasteiger partial charge in [0.1, 0.15) is 5.60 Å². The molecular formula is C21H34O4. The molecule has 4 heteroatoms. The van der Waals surface area contributed by atoms with Crippen LogP contribution in [-0.4, -0.2) is 40.9 Å². The fraction of sp³-hybridized carbons (Fsp3) is 0.667. The SMILES string of the molecule is C=C(CC(=O)/C(C)=C/CC[C@]1(CO)O[C@H]1CC/C(C)=C\CO)C(C)C. The van der Waals surface area contributed by atoms with E-state index in [1.54, 1.807) is 6.08 Å². The van der Waals surface area contributed by atoms with Gasteiger partial charge in [-0.2, -0.15) is 0 Å². The summed E-state index contributed by atoms with van der Waals surface area (Å²) in [4.78, 5) is 12.2. The summed E-state index contributed by atoms with van der Waals surface area (Å²) in [5.41, 5.74) is 2.40. The first-order valence-electron chi connectivity index (χ1n) is 9.18. The fourth-order valence-corrected chi connectivity index (χ4v) is 2.82. The van der Waals surface area contributed by atoms with Crippen molar-refractivity contribution < 1.29 is 19.7 Å². The van der Waals surface area contributed by atoms with Crippen molar-refractivity contribution in [2.24, 2.45) is 5.92 Å². The van der Waals surface area contributed by atoms with Crippen LogP contribution in [0.15, 0.2) is 35.5 Å². The quantitative estimate of drug-likeness (QED) is 0.320. The Labute approximate surface area is 152 Å². The number of epoxide rings is 1. The average Bonchev–Trinajstić information content (AvgIpc) is 3.26. The van der Waals surface area contributed by atoms with Gasteiger partial charge in [0, 0.05) is 6.42 Å². The number of hydrogen-bond donors (Lipinski definition) is 2. The van der Waals surface area contributed by atoms with E-state index in [0.29, 0.717) is 25.2 Å². The van der Waals surface area contributed by atoms with Gasteiger partial charge in [0.15, 0.2) is 5.78 Å². The standard InChI is InChI=1S/C21H34O4/c1-15(2)18(5)13-19(24)17(4)7-6-11-21(14-23)20(25-21)9-8-16(3)10-12-22/h7,10,15,20,22-23H,5-6,8-9,11-14H2,1-4H3/b16-10-,17-7+/t20-,21+/m0/s1. The van der Waals surface area contributed by atoms with Gasteiger partial charge in [-0.1, -0.05) is 43.7 Å². The Kier molecular flexibility index (Phi) is 8.77. The molecule has 0 aromatic carbocycles. The van der Waals surface area contributed by atoms with Crippen molar-refractivity contribution in [1.29, 1.82) is 0 Å². The Morgan fingerprint density at radius 1 is 1.28 bits per heavy atom. The lowest BCUT2D eigenvalue weighted by atomic mass is 9.94. The van der Waals surface area contributed by atoms with Gasteiger partial charge in [-0.3, -0.25) is 4.79 Å². The maximum atomic E-state index is 12.2. The van der Waals surface area contributed by atoms with Crippen LogP contribution in [0.2, 0.25) is 0 Å². The molecular weight excluding hydrogens is 316 g/mol. The lowest BCUT2D eigenvalue weighted by molar-refractivity contribution is -0.115. The van der Waals surface area contributed by atoms with Crippen LogP contribution in [0.1, 0.15) is 59.8 Å². The molecule has 0 aliphatic carbocycles. The zero-order chi connectivity index (χ0) is 19.0. The third kappa shape index (κ3) is 6.89. The lowest BCUT2D eigenvalue weighted by Crippen LogP contribution is -2.20. The Bertz CT molecular complexity index is 530. The molecule has 0 spiro atoms. The van der Waals surface area contributed by atoms with Crippen molar-refractivity contribution >= 4 is 5.78 Å². The van der Waals surface area contributed by atoms with Crippen molar-refractivity contribution in [3.05, 3.63) is 35.5 Å². The number of aliphatic hydroxyl groups is 2. The second kappa shape index (κ2) is 10.0. The van der Waals surface area contributed by atoms with Crippen LogP contribution in [0.4, 0.5) is 0 Å². The molecule has 25 heavy (non-hydrogen) atoms. The first-order chi connectivity index (χ1) is 11.8. The molecule has 1 fully saturated rings. The highest BCUT2D eigenvalue weighted by Gasteiger charge is 2.54. The van der Waals surface area contributed by atoms with E-state index in [9.17, 15) is 9.90 Å². The van der Waals surface area contributed by atoms with Crippen molar-refractivity contribution in [3.63, 3.8) is 0 Å². The minimum Gasteiger partial charge on any atom is -0.393 e. The zero-order valence-electron chi connectivity index (χ0n) is 16.2. The number of carbonyl (C=O) groups is 1. The molecule has 2 atom stereocenters. The van der Waals surface area contributed by atoms with Gasteiger partial charge in [-0.15, -0.1) is 0 Å². The number of ether oxygens (including phenoxy) is 1. The highest BCUT2D eigenvalue weighted by molar-refractivity contribution is 5.96. The summed E-state index contributed by atoms with van der Waals surface area (Å²) in [7, 11) is 0. The topological polar surface area (TPSA) is 70.1 Å². The van der Waals surface area contributed by atoms with Gasteiger partial charge >= 0.3 is 0 Å². The summed E-state index contributed by atoms with van der Waals surface area (Å²) < 4.78 is 5.75. The molecule has 142 valence electrons. The van der Waals surface area contributed by atoms with Gasteiger partial charge in [0.2, 0.25) is 0 Å². The molecule has 1 heterocycles. The van der Waals surface area contributed by atoms with Gasteiger partial charge in [0.05, 0.1) is 19.3 Å². The number of aliphatic hydroxyl groups excluding tert-OH is 2. The molecule has 0 radical (unpaired) electrons. The smallest absolute Gasteiger partial charge is 0.162 e. The van der Waals surface area contributed by atoms with E-state index in [1.165, 1.54) is 0 Å². The Balaban J connectivity index is 2.44. The molecule has 2 N–H and O–H groups in total. The van der Waals surface area contributed by atoms with Crippen LogP contribution < -0.4 is 0 Å². The highest BCUT2D eigenvalue weighted by Crippen LogP contribution is 2.43. The second-order valence-electron chi connectivity index (χ2n) is 7.44. The molecule has 0 bridgehead atoms. The fourth-order valence-electron chi connectivity index (χ4n) is 2.82. The lowest BCUT2D eigenvalue weighted by Gasteiger charge is -2.10. The van der Waals surface area contributed by atoms with Crippen LogP contribution in [0.3, 0.4) is 0 Å². The number of allylic oxidation sites excluding steroid dienone is 4. The van der Waals surface area contributed by atoms with Crippen LogP contribution >= 0.6 is 0 Å². The summed E-state index contributed by atoms with van der Waals surface area (Å²) >= 11 is 0. The third-order valence-corrected chi connectivity index (χ3v) is 5.08. The van der Waals surface area contributed by atoms with E-state index in [0.717, 1.165) is 29.6 Å². The predicted octanol–water partition coefficient (Wildman–Crippen LogP) is 3.73. The number of carbonyl (C=O) groups excluding carboxylic acids is 1. The molecule has 0 unspecified atom stereocenters. The number of ketones is 1. The maximum absolute atomic E-state index is 12.2. The molecule has 1 saturated heterocycles. The third-order valence-electron chi connectivity index (χ3n) is 5.08. The Hall–Kier alpha value is -1.23. The monoisotopic (exact) mass is 350 g/mol. The molecule has 0 aromatic rings. The predicted molar refractivity (Wildman–Crippen MR) is 101 cm³/mol. The van der Waals surface area contributed by atoms with Crippen LogP contribution in [-0.2, 0) is 9.53 Å². The first kappa shape index (κ1) is 21.8. The number of Topliss-reactive ketones (excluding diaryl/α,β-unsaturated/α-hetero) is 1. The highest BCUT2D eigenvalue weighted by atomic mass is 16.6.